The van der Waals surface area contributed by atoms with Crippen LogP contribution in [-0.4, -0.2) is 21.1 Å². The van der Waals surface area contributed by atoms with Crippen molar-refractivity contribution in [3.8, 4) is 11.3 Å². The van der Waals surface area contributed by atoms with Crippen molar-refractivity contribution in [2.75, 3.05) is 0 Å². The van der Waals surface area contributed by atoms with E-state index in [1.807, 2.05) is 45.4 Å². The Morgan fingerprint density at radius 3 is 2.73 bits per heavy atom. The Morgan fingerprint density at radius 2 is 2.05 bits per heavy atom. The Kier molecular flexibility index (Phi) is 2.60. The first-order valence-corrected chi connectivity index (χ1v) is 7.77. The lowest BCUT2D eigenvalue weighted by molar-refractivity contribution is -0.163. The molecule has 4 rings (SSSR count). The number of carbonyl (C=O) groups is 1. The molecule has 1 saturated carbocycles. The van der Waals surface area contributed by atoms with Gasteiger partial charge in [-0.2, -0.15) is 0 Å². The molecule has 2 heterocycles. The lowest BCUT2D eigenvalue weighted by atomic mass is 9.89. The Labute approximate surface area is 130 Å². The quantitative estimate of drug-likeness (QED) is 0.796. The van der Waals surface area contributed by atoms with Crippen LogP contribution in [0.2, 0.25) is 0 Å². The van der Waals surface area contributed by atoms with E-state index in [9.17, 15) is 4.79 Å². The summed E-state index contributed by atoms with van der Waals surface area (Å²) in [7, 11) is 0. The molecule has 1 aliphatic heterocycles. The van der Waals surface area contributed by atoms with Crippen molar-refractivity contribution >= 4 is 5.97 Å². The molecule has 1 atom stereocenters. The SMILES string of the molecule is CC(C)(C)OC(=O)C1(C2c3ccccc3-c3cncn32)CC1. The lowest BCUT2D eigenvalue weighted by Gasteiger charge is -2.28. The molecule has 1 fully saturated rings. The van der Waals surface area contributed by atoms with Crippen LogP contribution in [0.4, 0.5) is 0 Å². The molecule has 1 unspecified atom stereocenters. The molecular weight excluding hydrogens is 276 g/mol. The van der Waals surface area contributed by atoms with E-state index in [0.717, 1.165) is 18.5 Å². The van der Waals surface area contributed by atoms with E-state index in [0.29, 0.717) is 0 Å². The third kappa shape index (κ3) is 1.83. The largest absolute Gasteiger partial charge is 0.459 e. The molecule has 22 heavy (non-hydrogen) atoms. The molecule has 0 saturated heterocycles. The first-order valence-electron chi connectivity index (χ1n) is 7.77. The average Bonchev–Trinajstić information content (AvgIpc) is 2.99. The normalized spacial score (nSPS) is 21.1. The second kappa shape index (κ2) is 4.22. The van der Waals surface area contributed by atoms with Gasteiger partial charge in [0, 0.05) is 5.56 Å². The monoisotopic (exact) mass is 296 g/mol. The van der Waals surface area contributed by atoms with Crippen molar-refractivity contribution in [2.45, 2.75) is 45.3 Å². The number of carbonyl (C=O) groups excluding carboxylic acids is 1. The summed E-state index contributed by atoms with van der Waals surface area (Å²) in [6.45, 7) is 5.77. The zero-order valence-electron chi connectivity index (χ0n) is 13.2. The Balaban J connectivity index is 1.79. The van der Waals surface area contributed by atoms with Gasteiger partial charge in [-0.1, -0.05) is 24.3 Å². The van der Waals surface area contributed by atoms with Gasteiger partial charge in [-0.25, -0.2) is 4.98 Å². The van der Waals surface area contributed by atoms with Crippen LogP contribution in [0.3, 0.4) is 0 Å². The fourth-order valence-electron chi connectivity index (χ4n) is 3.51. The van der Waals surface area contributed by atoms with E-state index in [1.165, 1.54) is 11.1 Å². The third-order valence-electron chi connectivity index (χ3n) is 4.59. The number of benzene rings is 1. The number of imidazole rings is 1. The van der Waals surface area contributed by atoms with E-state index >= 15 is 0 Å². The van der Waals surface area contributed by atoms with Crippen molar-refractivity contribution < 1.29 is 9.53 Å². The maximum Gasteiger partial charge on any atom is 0.315 e. The van der Waals surface area contributed by atoms with E-state index < -0.39 is 11.0 Å². The van der Waals surface area contributed by atoms with E-state index in [4.69, 9.17) is 4.74 Å². The molecule has 0 radical (unpaired) electrons. The molecular formula is C18H20N2O2. The van der Waals surface area contributed by atoms with Gasteiger partial charge in [0.1, 0.15) is 5.60 Å². The predicted molar refractivity (Wildman–Crippen MR) is 83.3 cm³/mol. The van der Waals surface area contributed by atoms with Crippen molar-refractivity contribution in [3.05, 3.63) is 42.4 Å². The summed E-state index contributed by atoms with van der Waals surface area (Å²) in [5.41, 5.74) is 2.59. The van der Waals surface area contributed by atoms with Crippen molar-refractivity contribution in [2.24, 2.45) is 5.41 Å². The molecule has 0 spiro atoms. The van der Waals surface area contributed by atoms with Gasteiger partial charge in [-0.3, -0.25) is 4.79 Å². The van der Waals surface area contributed by atoms with Crippen LogP contribution < -0.4 is 0 Å². The van der Waals surface area contributed by atoms with Crippen molar-refractivity contribution in [1.29, 1.82) is 0 Å². The average molecular weight is 296 g/mol. The van der Waals surface area contributed by atoms with Crippen LogP contribution in [0.5, 0.6) is 0 Å². The van der Waals surface area contributed by atoms with E-state index in [1.54, 1.807) is 0 Å². The second-order valence-electron chi connectivity index (χ2n) is 7.33. The number of ether oxygens (including phenoxy) is 1. The minimum absolute atomic E-state index is 0.0102. The van der Waals surface area contributed by atoms with Crippen LogP contribution in [0, 0.1) is 5.41 Å². The van der Waals surface area contributed by atoms with Crippen molar-refractivity contribution in [3.63, 3.8) is 0 Å². The summed E-state index contributed by atoms with van der Waals surface area (Å²) >= 11 is 0. The van der Waals surface area contributed by atoms with Crippen LogP contribution in [0.1, 0.15) is 45.2 Å². The number of fused-ring (bicyclic) bond motifs is 3. The zero-order valence-corrected chi connectivity index (χ0v) is 13.2. The molecule has 1 aliphatic carbocycles. The van der Waals surface area contributed by atoms with Gasteiger partial charge < -0.3 is 9.30 Å². The molecule has 2 aromatic rings. The number of hydrogen-bond donors (Lipinski definition) is 0. The van der Waals surface area contributed by atoms with E-state index in [-0.39, 0.29) is 12.0 Å². The summed E-state index contributed by atoms with van der Waals surface area (Å²) in [5, 5.41) is 0. The molecule has 0 bridgehead atoms. The molecule has 4 heteroatoms. The molecule has 1 aromatic carbocycles. The van der Waals surface area contributed by atoms with E-state index in [2.05, 4.69) is 21.7 Å². The Bertz CT molecular complexity index is 750. The number of hydrogen-bond acceptors (Lipinski definition) is 3. The molecule has 4 nitrogen and oxygen atoms in total. The Hall–Kier alpha value is -2.10. The summed E-state index contributed by atoms with van der Waals surface area (Å²) in [5.74, 6) is -0.0821. The summed E-state index contributed by atoms with van der Waals surface area (Å²) in [6.07, 6.45) is 5.46. The minimum Gasteiger partial charge on any atom is -0.459 e. The van der Waals surface area contributed by atoms with Gasteiger partial charge in [0.25, 0.3) is 0 Å². The predicted octanol–water partition coefficient (Wildman–Crippen LogP) is 3.57. The van der Waals surface area contributed by atoms with Gasteiger partial charge in [0.05, 0.1) is 29.7 Å². The maximum absolute atomic E-state index is 12.8. The highest BCUT2D eigenvalue weighted by molar-refractivity contribution is 5.84. The summed E-state index contributed by atoms with van der Waals surface area (Å²) in [4.78, 5) is 17.1. The first kappa shape index (κ1) is 13.6. The van der Waals surface area contributed by atoms with Crippen LogP contribution in [0.25, 0.3) is 11.3 Å². The standard InChI is InChI=1S/C18H20N2O2/c1-17(2,3)22-16(21)18(8-9-18)15-13-7-5-4-6-12(13)14-10-19-11-20(14)15/h4-7,10-11,15H,8-9H2,1-3H3. The van der Waals surface area contributed by atoms with Gasteiger partial charge in [-0.15, -0.1) is 0 Å². The number of esters is 1. The van der Waals surface area contributed by atoms with Crippen LogP contribution in [-0.2, 0) is 9.53 Å². The van der Waals surface area contributed by atoms with Crippen molar-refractivity contribution in [1.82, 2.24) is 9.55 Å². The smallest absolute Gasteiger partial charge is 0.315 e. The van der Waals surface area contributed by atoms with Crippen LogP contribution in [0.15, 0.2) is 36.8 Å². The highest BCUT2D eigenvalue weighted by atomic mass is 16.6. The minimum atomic E-state index is -0.456. The molecule has 0 amide bonds. The molecule has 114 valence electrons. The highest BCUT2D eigenvalue weighted by Crippen LogP contribution is 2.61. The maximum atomic E-state index is 12.8. The van der Waals surface area contributed by atoms with Gasteiger partial charge in [0.2, 0.25) is 0 Å². The molecule has 2 aliphatic rings. The fraction of sp³-hybridized carbons (Fsp3) is 0.444. The molecule has 0 N–H and O–H groups in total. The van der Waals surface area contributed by atoms with Gasteiger partial charge in [0.15, 0.2) is 0 Å². The first-order chi connectivity index (χ1) is 10.4. The number of aromatic nitrogens is 2. The number of rotatable bonds is 2. The highest BCUT2D eigenvalue weighted by Gasteiger charge is 2.60. The second-order valence-corrected chi connectivity index (χ2v) is 7.33. The Morgan fingerprint density at radius 1 is 1.32 bits per heavy atom. The molecule has 1 aromatic heterocycles. The topological polar surface area (TPSA) is 44.1 Å². The van der Waals surface area contributed by atoms with Gasteiger partial charge in [-0.05, 0) is 39.2 Å². The third-order valence-corrected chi connectivity index (χ3v) is 4.59. The lowest BCUT2D eigenvalue weighted by Crippen LogP contribution is -2.34. The van der Waals surface area contributed by atoms with Gasteiger partial charge >= 0.3 is 5.97 Å². The summed E-state index contributed by atoms with van der Waals surface area (Å²) in [6, 6.07) is 8.31. The fourth-order valence-corrected chi connectivity index (χ4v) is 3.51. The summed E-state index contributed by atoms with van der Waals surface area (Å²) < 4.78 is 7.85. The number of nitrogens with zero attached hydrogens (tertiary/aromatic N) is 2. The van der Waals surface area contributed by atoms with Crippen LogP contribution >= 0.6 is 0 Å². The zero-order chi connectivity index (χ0) is 15.5.